The number of carbonyl (C=O) groups is 3. The number of aliphatic carboxylic acids is 1. The zero-order valence-corrected chi connectivity index (χ0v) is 39.3. The summed E-state index contributed by atoms with van der Waals surface area (Å²) in [6.07, 6.45) is 52.2. The van der Waals surface area contributed by atoms with Gasteiger partial charge < -0.3 is 28.5 Å². The monoisotopic (exact) mass is 855 g/mol. The van der Waals surface area contributed by atoms with Crippen LogP contribution in [-0.4, -0.2) is 87.4 Å². The molecule has 0 spiro atoms. The van der Waals surface area contributed by atoms with Gasteiger partial charge in [-0.15, -0.1) is 0 Å². The van der Waals surface area contributed by atoms with Crippen molar-refractivity contribution in [2.45, 2.75) is 180 Å². The summed E-state index contributed by atoms with van der Waals surface area (Å²) in [5.74, 6) is -2.06. The number of nitrogens with zero attached hydrogens (tertiary/aromatic N) is 1. The highest BCUT2D eigenvalue weighted by molar-refractivity contribution is 5.71. The molecule has 2 atom stereocenters. The standard InChI is InChI=1S/C52H87NO8/c1-6-8-10-12-14-16-18-19-20-21-22-23-24-25-26-27-28-29-30-31-33-35-37-39-41-43-50(55)61-48(47-60-52(51(56)57)58-45-44-53(3,4)5)46-59-49(54)42-40-38-36-34-32-17-15-13-11-9-7-2/h8,10,14,16,19-20,22-23,25-26,28-29,31,33,48,52H,6-7,9,11-13,15,17-18,21,24,27,30,32,34-47H2,1-5H3/p+1/b10-8-,16-14-,20-19-,23-22-,26-25-,29-28-,33-31-. The summed E-state index contributed by atoms with van der Waals surface area (Å²) in [7, 11) is 5.93. The van der Waals surface area contributed by atoms with E-state index in [1.54, 1.807) is 0 Å². The van der Waals surface area contributed by atoms with Crippen LogP contribution in [0.5, 0.6) is 0 Å². The molecular weight excluding hydrogens is 767 g/mol. The van der Waals surface area contributed by atoms with Gasteiger partial charge in [0.15, 0.2) is 6.10 Å². The minimum Gasteiger partial charge on any atom is -0.477 e. The summed E-state index contributed by atoms with van der Waals surface area (Å²) in [6.45, 7) is 4.69. The zero-order valence-electron chi connectivity index (χ0n) is 39.3. The molecule has 0 amide bonds. The van der Waals surface area contributed by atoms with Crippen LogP contribution in [0, 0.1) is 0 Å². The highest BCUT2D eigenvalue weighted by Gasteiger charge is 2.25. The van der Waals surface area contributed by atoms with Crippen LogP contribution in [0.1, 0.15) is 168 Å². The highest BCUT2D eigenvalue weighted by Crippen LogP contribution is 2.13. The van der Waals surface area contributed by atoms with Crippen molar-refractivity contribution < 1.29 is 42.9 Å². The lowest BCUT2D eigenvalue weighted by Gasteiger charge is -2.25. The number of ether oxygens (including phenoxy) is 4. The molecule has 2 unspecified atom stereocenters. The molecule has 0 radical (unpaired) electrons. The summed E-state index contributed by atoms with van der Waals surface area (Å²) in [5.41, 5.74) is 0. The van der Waals surface area contributed by atoms with Gasteiger partial charge in [0, 0.05) is 12.8 Å². The van der Waals surface area contributed by atoms with Gasteiger partial charge in [-0.05, 0) is 70.6 Å². The Kier molecular flexibility index (Phi) is 40.6. The van der Waals surface area contributed by atoms with Crippen molar-refractivity contribution in [1.82, 2.24) is 0 Å². The molecule has 0 saturated carbocycles. The second-order valence-electron chi connectivity index (χ2n) is 16.7. The highest BCUT2D eigenvalue weighted by atomic mass is 16.7. The van der Waals surface area contributed by atoms with E-state index in [2.05, 4.69) is 98.9 Å². The number of hydrogen-bond acceptors (Lipinski definition) is 7. The lowest BCUT2D eigenvalue weighted by atomic mass is 10.1. The first-order chi connectivity index (χ1) is 29.6. The molecule has 1 N–H and O–H groups in total. The van der Waals surface area contributed by atoms with Crippen LogP contribution in [0.15, 0.2) is 85.1 Å². The van der Waals surface area contributed by atoms with E-state index in [1.807, 2.05) is 21.1 Å². The molecule has 0 aliphatic rings. The number of rotatable bonds is 42. The van der Waals surface area contributed by atoms with E-state index in [0.29, 0.717) is 23.9 Å². The molecule has 0 bridgehead atoms. The minimum absolute atomic E-state index is 0.177. The predicted octanol–water partition coefficient (Wildman–Crippen LogP) is 12.9. The third kappa shape index (κ3) is 44.3. The summed E-state index contributed by atoms with van der Waals surface area (Å²) in [5, 5.41) is 9.64. The number of carboxylic acids is 1. The molecule has 9 nitrogen and oxygen atoms in total. The molecule has 348 valence electrons. The van der Waals surface area contributed by atoms with E-state index < -0.39 is 24.3 Å². The van der Waals surface area contributed by atoms with Crippen molar-refractivity contribution in [3.63, 3.8) is 0 Å². The summed E-state index contributed by atoms with van der Waals surface area (Å²) in [4.78, 5) is 37.1. The average Bonchev–Trinajstić information content (AvgIpc) is 3.22. The lowest BCUT2D eigenvalue weighted by Crippen LogP contribution is -2.40. The fraction of sp³-hybridized carbons (Fsp3) is 0.673. The number of unbranched alkanes of at least 4 members (excludes halogenated alkanes) is 13. The molecule has 0 aliphatic heterocycles. The minimum atomic E-state index is -1.52. The summed E-state index contributed by atoms with van der Waals surface area (Å²) in [6, 6.07) is 0. The van der Waals surface area contributed by atoms with E-state index in [1.165, 1.54) is 51.4 Å². The molecule has 0 aromatic carbocycles. The number of carbonyl (C=O) groups excluding carboxylic acids is 2. The van der Waals surface area contributed by atoms with E-state index in [-0.39, 0.29) is 32.2 Å². The average molecular weight is 855 g/mol. The van der Waals surface area contributed by atoms with E-state index in [4.69, 9.17) is 18.9 Å². The SMILES string of the molecule is CC/C=C\C/C=C\C/C=C\C/C=C\C/C=C\C/C=C\C/C=C\CCCCCC(=O)OC(COC(=O)CCCCCCCCCCCCC)COC(OCC[N+](C)(C)C)C(=O)O. The molecule has 0 rings (SSSR count). The molecule has 0 aromatic heterocycles. The molecule has 9 heteroatoms. The predicted molar refractivity (Wildman–Crippen MR) is 253 cm³/mol. The Balaban J connectivity index is 4.44. The number of allylic oxidation sites excluding steroid dienone is 14. The maximum atomic E-state index is 12.8. The number of esters is 2. The first-order valence-corrected chi connectivity index (χ1v) is 23.8. The van der Waals surface area contributed by atoms with Gasteiger partial charge in [-0.25, -0.2) is 4.79 Å². The maximum absolute atomic E-state index is 12.8. The van der Waals surface area contributed by atoms with Gasteiger partial charge >= 0.3 is 17.9 Å². The maximum Gasteiger partial charge on any atom is 0.361 e. The van der Waals surface area contributed by atoms with Crippen molar-refractivity contribution in [2.75, 3.05) is 47.5 Å². The zero-order chi connectivity index (χ0) is 44.9. The van der Waals surface area contributed by atoms with Gasteiger partial charge in [-0.2, -0.15) is 0 Å². The first kappa shape index (κ1) is 57.5. The molecular formula is C52H88NO8+. The van der Waals surface area contributed by atoms with Gasteiger partial charge in [0.1, 0.15) is 13.2 Å². The van der Waals surface area contributed by atoms with Crippen LogP contribution >= 0.6 is 0 Å². The van der Waals surface area contributed by atoms with Crippen molar-refractivity contribution >= 4 is 17.9 Å². The fourth-order valence-corrected chi connectivity index (χ4v) is 5.99. The van der Waals surface area contributed by atoms with Crippen molar-refractivity contribution in [1.29, 1.82) is 0 Å². The molecule has 0 fully saturated rings. The largest absolute Gasteiger partial charge is 0.477 e. The lowest BCUT2D eigenvalue weighted by molar-refractivity contribution is -0.870. The Labute approximate surface area is 372 Å². The molecule has 0 saturated heterocycles. The first-order valence-electron chi connectivity index (χ1n) is 23.8. The van der Waals surface area contributed by atoms with Gasteiger partial charge in [0.2, 0.25) is 0 Å². The second-order valence-corrected chi connectivity index (χ2v) is 16.7. The van der Waals surface area contributed by atoms with Crippen LogP contribution in [0.2, 0.25) is 0 Å². The van der Waals surface area contributed by atoms with E-state index >= 15 is 0 Å². The molecule has 0 aromatic rings. The summed E-state index contributed by atoms with van der Waals surface area (Å²) < 4.78 is 22.7. The molecule has 61 heavy (non-hydrogen) atoms. The number of likely N-dealkylation sites (N-methyl/N-ethyl adjacent to an activating group) is 1. The Bertz CT molecular complexity index is 1270. The van der Waals surface area contributed by atoms with Crippen LogP contribution in [0.4, 0.5) is 0 Å². The second kappa shape index (κ2) is 43.1. The summed E-state index contributed by atoms with van der Waals surface area (Å²) >= 11 is 0. The number of carboxylic acid groups (broad SMARTS) is 1. The fourth-order valence-electron chi connectivity index (χ4n) is 5.99. The number of quaternary nitrogens is 1. The van der Waals surface area contributed by atoms with Gasteiger partial charge in [-0.3, -0.25) is 9.59 Å². The smallest absolute Gasteiger partial charge is 0.361 e. The van der Waals surface area contributed by atoms with Crippen molar-refractivity contribution in [2.24, 2.45) is 0 Å². The third-order valence-electron chi connectivity index (χ3n) is 9.67. The number of hydrogen-bond donors (Lipinski definition) is 1. The Morgan fingerprint density at radius 3 is 1.39 bits per heavy atom. The third-order valence-corrected chi connectivity index (χ3v) is 9.67. The Hall–Kier alpha value is -3.53. The van der Waals surface area contributed by atoms with E-state index in [9.17, 15) is 19.5 Å². The van der Waals surface area contributed by atoms with Crippen LogP contribution in [0.25, 0.3) is 0 Å². The van der Waals surface area contributed by atoms with Crippen LogP contribution in [0.3, 0.4) is 0 Å². The topological polar surface area (TPSA) is 108 Å². The van der Waals surface area contributed by atoms with Crippen LogP contribution < -0.4 is 0 Å². The van der Waals surface area contributed by atoms with Gasteiger partial charge in [-0.1, -0.05) is 170 Å². The van der Waals surface area contributed by atoms with E-state index in [0.717, 1.165) is 83.5 Å². The van der Waals surface area contributed by atoms with Crippen molar-refractivity contribution in [3.8, 4) is 0 Å². The van der Waals surface area contributed by atoms with Gasteiger partial charge in [0.25, 0.3) is 6.29 Å². The van der Waals surface area contributed by atoms with Crippen molar-refractivity contribution in [3.05, 3.63) is 85.1 Å². The van der Waals surface area contributed by atoms with Crippen LogP contribution in [-0.2, 0) is 33.3 Å². The van der Waals surface area contributed by atoms with Gasteiger partial charge in [0.05, 0.1) is 34.4 Å². The quantitative estimate of drug-likeness (QED) is 0.0213. The Morgan fingerprint density at radius 2 is 0.934 bits per heavy atom. The Morgan fingerprint density at radius 1 is 0.508 bits per heavy atom. The normalized spacial score (nSPS) is 13.7. The molecule has 0 heterocycles. The molecule has 0 aliphatic carbocycles.